The van der Waals surface area contributed by atoms with Gasteiger partial charge in [-0.05, 0) is 105 Å². The van der Waals surface area contributed by atoms with Crippen LogP contribution >= 0.6 is 0 Å². The molecule has 1 N–H and O–H groups in total. The average molecular weight is 582 g/mol. The highest BCUT2D eigenvalue weighted by molar-refractivity contribution is 5.88. The summed E-state index contributed by atoms with van der Waals surface area (Å²) in [5.41, 5.74) is 9.99. The standard InChI is InChI=1S/C39H51NO3/c1-12-40(30-15-13-27(14-16-30)36(41)42)34-22-32-31(25(2)3)17-18-39(10,11)33(32)23-35(34)43-24-26-19-28(37(4,5)6)21-29(20-26)38(7,8)9/h13-17,19-23,25H,12,18,24H2,1-11H3,(H,41,42). The summed E-state index contributed by atoms with van der Waals surface area (Å²) >= 11 is 0. The van der Waals surface area contributed by atoms with Gasteiger partial charge in [-0.1, -0.05) is 93.5 Å². The number of carboxylic acids is 1. The molecule has 0 saturated carbocycles. The lowest BCUT2D eigenvalue weighted by molar-refractivity contribution is 0.0697. The first-order chi connectivity index (χ1) is 19.9. The van der Waals surface area contributed by atoms with Gasteiger partial charge in [0.15, 0.2) is 0 Å². The number of fused-ring (bicyclic) bond motifs is 1. The molecular weight excluding hydrogens is 530 g/mol. The van der Waals surface area contributed by atoms with Gasteiger partial charge in [-0.25, -0.2) is 4.79 Å². The van der Waals surface area contributed by atoms with Crippen molar-refractivity contribution >= 4 is 22.9 Å². The minimum absolute atomic E-state index is 0.0178. The number of benzene rings is 3. The van der Waals surface area contributed by atoms with Crippen LogP contribution in [0.15, 0.2) is 60.7 Å². The van der Waals surface area contributed by atoms with Gasteiger partial charge in [0.1, 0.15) is 12.4 Å². The number of ether oxygens (including phenoxy) is 1. The lowest BCUT2D eigenvalue weighted by atomic mass is 9.71. The molecule has 4 nitrogen and oxygen atoms in total. The SMILES string of the molecule is CCN(c1ccc(C(=O)O)cc1)c1cc2c(cc1OCc1cc(C(C)(C)C)cc(C(C)(C)C)c1)C(C)(C)CC=C2C(C)C. The number of hydrogen-bond donors (Lipinski definition) is 1. The first kappa shape index (κ1) is 32.4. The molecule has 0 heterocycles. The van der Waals surface area contributed by atoms with Crippen molar-refractivity contribution in [3.63, 3.8) is 0 Å². The Bertz CT molecular complexity index is 1480. The molecular formula is C39H51NO3. The Labute approximate surface area is 259 Å². The quantitative estimate of drug-likeness (QED) is 0.287. The molecule has 0 aromatic heterocycles. The highest BCUT2D eigenvalue weighted by atomic mass is 16.5. The van der Waals surface area contributed by atoms with Crippen LogP contribution in [-0.4, -0.2) is 17.6 Å². The maximum absolute atomic E-state index is 11.5. The topological polar surface area (TPSA) is 49.8 Å². The van der Waals surface area contributed by atoms with Gasteiger partial charge in [-0.3, -0.25) is 0 Å². The van der Waals surface area contributed by atoms with Crippen LogP contribution in [-0.2, 0) is 22.9 Å². The third kappa shape index (κ3) is 7.00. The lowest BCUT2D eigenvalue weighted by Crippen LogP contribution is -2.24. The molecule has 0 amide bonds. The zero-order valence-corrected chi connectivity index (χ0v) is 28.2. The zero-order chi connectivity index (χ0) is 31.9. The van der Waals surface area contributed by atoms with Gasteiger partial charge in [-0.2, -0.15) is 0 Å². The van der Waals surface area contributed by atoms with E-state index in [-0.39, 0.29) is 21.8 Å². The minimum Gasteiger partial charge on any atom is -0.487 e. The van der Waals surface area contributed by atoms with E-state index in [4.69, 9.17) is 4.74 Å². The Balaban J connectivity index is 1.86. The van der Waals surface area contributed by atoms with Crippen LogP contribution in [0.5, 0.6) is 5.75 Å². The number of carbonyl (C=O) groups is 1. The Morgan fingerprint density at radius 1 is 0.930 bits per heavy atom. The van der Waals surface area contributed by atoms with Crippen LogP contribution in [0.2, 0.25) is 0 Å². The molecule has 1 aliphatic rings. The molecule has 0 radical (unpaired) electrons. The summed E-state index contributed by atoms with van der Waals surface area (Å²) in [5, 5.41) is 9.47. The molecule has 0 aliphatic heterocycles. The minimum atomic E-state index is -0.923. The van der Waals surface area contributed by atoms with Crippen molar-refractivity contribution in [2.75, 3.05) is 11.4 Å². The van der Waals surface area contributed by atoms with Gasteiger partial charge in [0, 0.05) is 12.2 Å². The lowest BCUT2D eigenvalue weighted by Gasteiger charge is -2.36. The maximum atomic E-state index is 11.5. The molecule has 0 fully saturated rings. The molecule has 1 aliphatic carbocycles. The second kappa shape index (κ2) is 11.9. The summed E-state index contributed by atoms with van der Waals surface area (Å²) < 4.78 is 6.82. The van der Waals surface area contributed by atoms with E-state index in [1.807, 2.05) is 12.1 Å². The summed E-state index contributed by atoms with van der Waals surface area (Å²) in [6.07, 6.45) is 3.39. The van der Waals surface area contributed by atoms with Gasteiger partial charge in [-0.15, -0.1) is 0 Å². The van der Waals surface area contributed by atoms with E-state index < -0.39 is 5.97 Å². The first-order valence-corrected chi connectivity index (χ1v) is 15.7. The van der Waals surface area contributed by atoms with E-state index in [0.29, 0.717) is 19.1 Å². The van der Waals surface area contributed by atoms with E-state index in [1.54, 1.807) is 12.1 Å². The molecule has 0 spiro atoms. The molecule has 43 heavy (non-hydrogen) atoms. The average Bonchev–Trinajstić information content (AvgIpc) is 2.91. The fraction of sp³-hybridized carbons (Fsp3) is 0.462. The third-order valence-corrected chi connectivity index (χ3v) is 8.75. The van der Waals surface area contributed by atoms with Crippen LogP contribution < -0.4 is 9.64 Å². The number of rotatable bonds is 8. The molecule has 0 unspecified atom stereocenters. The van der Waals surface area contributed by atoms with Crippen LogP contribution in [0.25, 0.3) is 5.57 Å². The number of hydrogen-bond acceptors (Lipinski definition) is 3. The van der Waals surface area contributed by atoms with Crippen molar-refractivity contribution in [2.24, 2.45) is 5.92 Å². The van der Waals surface area contributed by atoms with Crippen LogP contribution in [0.1, 0.15) is 121 Å². The van der Waals surface area contributed by atoms with Gasteiger partial charge < -0.3 is 14.7 Å². The summed E-state index contributed by atoms with van der Waals surface area (Å²) in [5.74, 6) is 0.322. The monoisotopic (exact) mass is 581 g/mol. The predicted molar refractivity (Wildman–Crippen MR) is 181 cm³/mol. The fourth-order valence-electron chi connectivity index (χ4n) is 5.90. The molecule has 230 valence electrons. The van der Waals surface area contributed by atoms with Crippen molar-refractivity contribution in [3.05, 3.63) is 94.1 Å². The molecule has 4 rings (SSSR count). The molecule has 0 bridgehead atoms. The summed E-state index contributed by atoms with van der Waals surface area (Å²) in [6.45, 7) is 26.0. The summed E-state index contributed by atoms with van der Waals surface area (Å²) in [7, 11) is 0. The van der Waals surface area contributed by atoms with Crippen LogP contribution in [0.4, 0.5) is 11.4 Å². The molecule has 3 aromatic carbocycles. The normalized spacial score (nSPS) is 14.7. The Morgan fingerprint density at radius 2 is 1.51 bits per heavy atom. The Kier molecular flexibility index (Phi) is 8.94. The highest BCUT2D eigenvalue weighted by Gasteiger charge is 2.32. The fourth-order valence-corrected chi connectivity index (χ4v) is 5.90. The highest BCUT2D eigenvalue weighted by Crippen LogP contribution is 2.47. The second-order valence-electron chi connectivity index (χ2n) is 15.1. The summed E-state index contributed by atoms with van der Waals surface area (Å²) in [6, 6.07) is 18.6. The van der Waals surface area contributed by atoms with E-state index in [2.05, 4.69) is 117 Å². The largest absolute Gasteiger partial charge is 0.487 e. The maximum Gasteiger partial charge on any atom is 0.335 e. The van der Waals surface area contributed by atoms with Crippen molar-refractivity contribution in [3.8, 4) is 5.75 Å². The molecule has 0 atom stereocenters. The number of allylic oxidation sites excluding steroid dienone is 2. The summed E-state index contributed by atoms with van der Waals surface area (Å²) in [4.78, 5) is 13.8. The van der Waals surface area contributed by atoms with E-state index in [9.17, 15) is 9.90 Å². The second-order valence-corrected chi connectivity index (χ2v) is 15.1. The van der Waals surface area contributed by atoms with Gasteiger partial charge in [0.25, 0.3) is 0 Å². The van der Waals surface area contributed by atoms with E-state index >= 15 is 0 Å². The number of aromatic carboxylic acids is 1. The number of anilines is 2. The van der Waals surface area contributed by atoms with Crippen molar-refractivity contribution in [1.29, 1.82) is 0 Å². The number of nitrogens with zero attached hydrogens (tertiary/aromatic N) is 1. The number of carboxylic acid groups (broad SMARTS) is 1. The van der Waals surface area contributed by atoms with Crippen molar-refractivity contribution < 1.29 is 14.6 Å². The van der Waals surface area contributed by atoms with Gasteiger partial charge in [0.05, 0.1) is 11.3 Å². The molecule has 0 saturated heterocycles. The smallest absolute Gasteiger partial charge is 0.335 e. The Morgan fingerprint density at radius 3 is 2.00 bits per heavy atom. The zero-order valence-electron chi connectivity index (χ0n) is 28.2. The predicted octanol–water partition coefficient (Wildman–Crippen LogP) is 10.4. The van der Waals surface area contributed by atoms with Crippen molar-refractivity contribution in [1.82, 2.24) is 0 Å². The van der Waals surface area contributed by atoms with Crippen molar-refractivity contribution in [2.45, 2.75) is 105 Å². The molecule has 3 aromatic rings. The van der Waals surface area contributed by atoms with Gasteiger partial charge in [0.2, 0.25) is 0 Å². The first-order valence-electron chi connectivity index (χ1n) is 15.7. The molecule has 4 heteroatoms. The van der Waals surface area contributed by atoms with E-state index in [0.717, 1.165) is 29.1 Å². The van der Waals surface area contributed by atoms with Gasteiger partial charge >= 0.3 is 5.97 Å². The Hall–Kier alpha value is -3.53. The van der Waals surface area contributed by atoms with E-state index in [1.165, 1.54) is 27.8 Å². The van der Waals surface area contributed by atoms with Crippen LogP contribution in [0, 0.1) is 5.92 Å². The third-order valence-electron chi connectivity index (χ3n) is 8.75. The van der Waals surface area contributed by atoms with Crippen LogP contribution in [0.3, 0.4) is 0 Å².